The van der Waals surface area contributed by atoms with Crippen LogP contribution in [0, 0.1) is 0 Å². The molecule has 6 heteroatoms. The van der Waals surface area contributed by atoms with Crippen LogP contribution >= 0.6 is 28.1 Å². The third-order valence-corrected chi connectivity index (χ3v) is 4.30. The minimum absolute atomic E-state index is 0.534. The van der Waals surface area contributed by atoms with E-state index in [0.29, 0.717) is 10.9 Å². The van der Waals surface area contributed by atoms with Crippen LogP contribution in [0.5, 0.6) is 0 Å². The Balaban J connectivity index is 1.54. The maximum absolute atomic E-state index is 5.28. The zero-order valence-corrected chi connectivity index (χ0v) is 14.7. The van der Waals surface area contributed by atoms with E-state index in [9.17, 15) is 0 Å². The zero-order chi connectivity index (χ0) is 16.1. The Kier molecular flexibility index (Phi) is 5.15. The first-order valence-corrected chi connectivity index (χ1v) is 8.42. The van der Waals surface area contributed by atoms with Crippen molar-refractivity contribution in [3.05, 3.63) is 64.8 Å². The molecular formula is C17H15BrN4S. The van der Waals surface area contributed by atoms with E-state index in [2.05, 4.69) is 79.2 Å². The highest BCUT2D eigenvalue weighted by Gasteiger charge is 2.03. The van der Waals surface area contributed by atoms with E-state index in [0.717, 1.165) is 17.4 Å². The van der Waals surface area contributed by atoms with Crippen LogP contribution in [0.2, 0.25) is 0 Å². The average molecular weight is 387 g/mol. The second kappa shape index (κ2) is 7.48. The molecule has 4 nitrogen and oxygen atoms in total. The molecule has 2 N–H and O–H groups in total. The predicted molar refractivity (Wildman–Crippen MR) is 102 cm³/mol. The first-order valence-electron chi connectivity index (χ1n) is 7.22. The van der Waals surface area contributed by atoms with E-state index < -0.39 is 0 Å². The summed E-state index contributed by atoms with van der Waals surface area (Å²) in [5, 5.41) is 17.1. The fourth-order valence-corrected chi connectivity index (χ4v) is 2.76. The molecule has 0 fully saturated rings. The minimum atomic E-state index is 0.534. The number of hydrogen-bond acceptors (Lipinski definition) is 3. The summed E-state index contributed by atoms with van der Waals surface area (Å²) in [5.41, 5.74) is 1.28. The van der Waals surface area contributed by atoms with Gasteiger partial charge >= 0.3 is 0 Å². The first-order chi connectivity index (χ1) is 11.2. The van der Waals surface area contributed by atoms with Crippen molar-refractivity contribution in [2.24, 2.45) is 0 Å². The molecule has 0 aliphatic heterocycles. The van der Waals surface area contributed by atoms with Gasteiger partial charge in [-0.1, -0.05) is 42.5 Å². The van der Waals surface area contributed by atoms with Crippen LogP contribution in [0.1, 0.15) is 5.56 Å². The lowest BCUT2D eigenvalue weighted by atomic mass is 10.1. The van der Waals surface area contributed by atoms with Crippen LogP contribution in [0.15, 0.2) is 59.2 Å². The lowest BCUT2D eigenvalue weighted by Crippen LogP contribution is -2.30. The predicted octanol–water partition coefficient (Wildman–Crippen LogP) is 3.92. The number of hydrogen-bond donors (Lipinski definition) is 2. The Morgan fingerprint density at radius 2 is 1.91 bits per heavy atom. The molecule has 0 spiro atoms. The van der Waals surface area contributed by atoms with Crippen LogP contribution in [0.4, 0.5) is 5.82 Å². The van der Waals surface area contributed by atoms with Crippen molar-refractivity contribution in [3.63, 3.8) is 0 Å². The lowest BCUT2D eigenvalue weighted by molar-refractivity contribution is 0.873. The van der Waals surface area contributed by atoms with Gasteiger partial charge in [-0.3, -0.25) is 0 Å². The summed E-state index contributed by atoms with van der Waals surface area (Å²) >= 11 is 8.68. The molecule has 3 aromatic rings. The van der Waals surface area contributed by atoms with Crippen LogP contribution in [-0.2, 0) is 6.42 Å². The van der Waals surface area contributed by atoms with E-state index in [1.165, 1.54) is 16.3 Å². The number of rotatable bonds is 4. The van der Waals surface area contributed by atoms with Gasteiger partial charge in [-0.2, -0.15) is 5.10 Å². The molecule has 0 atom stereocenters. The molecule has 0 aliphatic carbocycles. The molecule has 3 rings (SSSR count). The summed E-state index contributed by atoms with van der Waals surface area (Å²) in [6.07, 6.45) is 2.51. The molecule has 1 heterocycles. The summed E-state index contributed by atoms with van der Waals surface area (Å²) < 4.78 is 0.825. The largest absolute Gasteiger partial charge is 0.362 e. The van der Waals surface area contributed by atoms with Crippen molar-refractivity contribution in [3.8, 4) is 0 Å². The van der Waals surface area contributed by atoms with Crippen LogP contribution in [0.25, 0.3) is 10.8 Å². The van der Waals surface area contributed by atoms with Crippen molar-refractivity contribution in [1.29, 1.82) is 0 Å². The summed E-state index contributed by atoms with van der Waals surface area (Å²) in [6.45, 7) is 0.752. The van der Waals surface area contributed by atoms with Crippen LogP contribution in [0.3, 0.4) is 0 Å². The lowest BCUT2D eigenvalue weighted by Gasteiger charge is -2.10. The monoisotopic (exact) mass is 386 g/mol. The van der Waals surface area contributed by atoms with Gasteiger partial charge in [0.05, 0.1) is 10.7 Å². The summed E-state index contributed by atoms with van der Waals surface area (Å²) in [7, 11) is 0. The fraction of sp³-hybridized carbons (Fsp3) is 0.118. The molecule has 0 radical (unpaired) electrons. The number of benzene rings is 2. The normalized spacial score (nSPS) is 10.5. The van der Waals surface area contributed by atoms with Crippen molar-refractivity contribution in [1.82, 2.24) is 15.5 Å². The molecule has 1 aromatic heterocycles. The maximum Gasteiger partial charge on any atom is 0.172 e. The Morgan fingerprint density at radius 1 is 1.09 bits per heavy atom. The second-order valence-corrected chi connectivity index (χ2v) is 6.30. The second-order valence-electron chi connectivity index (χ2n) is 5.04. The van der Waals surface area contributed by atoms with Gasteiger partial charge < -0.3 is 10.6 Å². The highest BCUT2D eigenvalue weighted by Crippen LogP contribution is 2.17. The molecule has 0 amide bonds. The van der Waals surface area contributed by atoms with Gasteiger partial charge in [0.1, 0.15) is 0 Å². The highest BCUT2D eigenvalue weighted by atomic mass is 79.9. The number of aromatic nitrogens is 2. The average Bonchev–Trinajstić information content (AvgIpc) is 2.57. The fourth-order valence-electron chi connectivity index (χ4n) is 2.27. The zero-order valence-electron chi connectivity index (χ0n) is 12.3. The molecule has 0 saturated heterocycles. The number of halogens is 1. The van der Waals surface area contributed by atoms with Gasteiger partial charge in [-0.25, -0.2) is 0 Å². The summed E-state index contributed by atoms with van der Waals surface area (Å²) in [6, 6.07) is 16.7. The molecule has 2 aromatic carbocycles. The number of nitrogens with one attached hydrogen (secondary N) is 2. The first kappa shape index (κ1) is 15.8. The smallest absolute Gasteiger partial charge is 0.172 e. The van der Waals surface area contributed by atoms with Gasteiger partial charge in [-0.05, 0) is 57.0 Å². The maximum atomic E-state index is 5.28. The molecule has 0 aliphatic rings. The molecular weight excluding hydrogens is 372 g/mol. The topological polar surface area (TPSA) is 49.8 Å². The number of fused-ring (bicyclic) bond motifs is 1. The quantitative estimate of drug-likeness (QED) is 0.665. The Morgan fingerprint density at radius 3 is 2.74 bits per heavy atom. The third kappa shape index (κ3) is 4.24. The number of anilines is 1. The van der Waals surface area contributed by atoms with E-state index in [1.807, 2.05) is 6.07 Å². The van der Waals surface area contributed by atoms with Crippen molar-refractivity contribution < 1.29 is 0 Å². The molecule has 0 bridgehead atoms. The van der Waals surface area contributed by atoms with Gasteiger partial charge in [-0.15, -0.1) is 5.10 Å². The van der Waals surface area contributed by atoms with Crippen molar-refractivity contribution in [2.45, 2.75) is 6.42 Å². The number of thiocarbonyl (C=S) groups is 1. The summed E-state index contributed by atoms with van der Waals surface area (Å²) in [5.74, 6) is 0.607. The highest BCUT2D eigenvalue weighted by molar-refractivity contribution is 9.10. The van der Waals surface area contributed by atoms with E-state index >= 15 is 0 Å². The van der Waals surface area contributed by atoms with E-state index in [1.54, 1.807) is 6.20 Å². The van der Waals surface area contributed by atoms with Crippen LogP contribution < -0.4 is 10.6 Å². The molecule has 0 unspecified atom stereocenters. The SMILES string of the molecule is S=C(NCCc1ccc2ccccc2c1)Nc1nnccc1Br. The molecule has 0 saturated carbocycles. The van der Waals surface area contributed by atoms with Crippen molar-refractivity contribution >= 4 is 49.9 Å². The standard InChI is InChI=1S/C17H15BrN4S/c18-15-8-10-20-22-16(15)21-17(23)19-9-7-12-5-6-13-3-1-2-4-14(13)11-12/h1-6,8,10-11H,7,9H2,(H2,19,21,22,23). The third-order valence-electron chi connectivity index (χ3n) is 3.42. The summed E-state index contributed by atoms with van der Waals surface area (Å²) in [4.78, 5) is 0. The van der Waals surface area contributed by atoms with Crippen molar-refractivity contribution in [2.75, 3.05) is 11.9 Å². The minimum Gasteiger partial charge on any atom is -0.362 e. The van der Waals surface area contributed by atoms with Gasteiger partial charge in [0.2, 0.25) is 0 Å². The van der Waals surface area contributed by atoms with Gasteiger partial charge in [0.15, 0.2) is 10.9 Å². The molecule has 23 heavy (non-hydrogen) atoms. The van der Waals surface area contributed by atoms with E-state index in [4.69, 9.17) is 12.2 Å². The van der Waals surface area contributed by atoms with Crippen LogP contribution in [-0.4, -0.2) is 21.9 Å². The van der Waals surface area contributed by atoms with Gasteiger partial charge in [0.25, 0.3) is 0 Å². The Bertz CT molecular complexity index is 837. The Hall–Kier alpha value is -2.05. The van der Waals surface area contributed by atoms with E-state index in [-0.39, 0.29) is 0 Å². The Labute approximate surface area is 148 Å². The molecule has 116 valence electrons. The number of nitrogens with zero attached hydrogens (tertiary/aromatic N) is 2. The van der Waals surface area contributed by atoms with Gasteiger partial charge in [0, 0.05) is 6.54 Å².